The maximum absolute atomic E-state index is 13.2. The van der Waals surface area contributed by atoms with Crippen LogP contribution < -0.4 is 13.8 Å². The molecule has 2 aromatic carbocycles. The number of hydrogen-bond acceptors (Lipinski definition) is 6. The highest BCUT2D eigenvalue weighted by molar-refractivity contribution is 7.92. The fraction of sp³-hybridized carbons (Fsp3) is 0.235. The lowest BCUT2D eigenvalue weighted by Gasteiger charge is -2.25. The number of esters is 1. The van der Waals surface area contributed by atoms with Gasteiger partial charge in [-0.2, -0.15) is 0 Å². The molecule has 0 aliphatic rings. The second-order valence-electron chi connectivity index (χ2n) is 5.18. The van der Waals surface area contributed by atoms with Crippen molar-refractivity contribution in [2.45, 2.75) is 4.90 Å². The summed E-state index contributed by atoms with van der Waals surface area (Å²) in [6.07, 6.45) is 0. The Balaban J connectivity index is 2.63. The first-order valence-corrected chi connectivity index (χ1v) is 9.71. The van der Waals surface area contributed by atoms with Crippen LogP contribution in [0.25, 0.3) is 0 Å². The second kappa shape index (κ2) is 8.69. The molecule has 0 heterocycles. The van der Waals surface area contributed by atoms with Crippen molar-refractivity contribution < 1.29 is 27.4 Å². The van der Waals surface area contributed by atoms with Crippen LogP contribution in [0.5, 0.6) is 11.5 Å². The van der Waals surface area contributed by atoms with E-state index in [0.29, 0.717) is 5.75 Å². The van der Waals surface area contributed by atoms with E-state index < -0.39 is 22.5 Å². The molecule has 0 aromatic heterocycles. The van der Waals surface area contributed by atoms with E-state index in [1.165, 1.54) is 50.6 Å². The number of ether oxygens (including phenoxy) is 3. The van der Waals surface area contributed by atoms with Gasteiger partial charge in [0.05, 0.1) is 42.0 Å². The first kappa shape index (κ1) is 21.1. The van der Waals surface area contributed by atoms with Gasteiger partial charge in [-0.25, -0.2) is 8.42 Å². The van der Waals surface area contributed by atoms with Gasteiger partial charge in [0.1, 0.15) is 6.54 Å². The van der Waals surface area contributed by atoms with Gasteiger partial charge in [-0.15, -0.1) is 0 Å². The van der Waals surface area contributed by atoms with E-state index in [1.54, 1.807) is 0 Å². The zero-order chi connectivity index (χ0) is 20.2. The molecule has 0 aliphatic carbocycles. The smallest absolute Gasteiger partial charge is 0.326 e. The molecular weight excluding hydrogens is 417 g/mol. The Morgan fingerprint density at radius 3 is 2.30 bits per heavy atom. The molecule has 0 radical (unpaired) electrons. The predicted octanol–water partition coefficient (Wildman–Crippen LogP) is 3.38. The lowest BCUT2D eigenvalue weighted by molar-refractivity contribution is -0.138. The van der Waals surface area contributed by atoms with Crippen LogP contribution in [0.15, 0.2) is 41.3 Å². The number of carbonyl (C=O) groups excluding carboxylic acids is 1. The van der Waals surface area contributed by atoms with Crippen LogP contribution in [0.2, 0.25) is 10.0 Å². The number of nitrogens with zero attached hydrogens (tertiary/aromatic N) is 1. The molecule has 0 unspecified atom stereocenters. The Kier molecular flexibility index (Phi) is 6.80. The van der Waals surface area contributed by atoms with Crippen molar-refractivity contribution in [1.82, 2.24) is 0 Å². The highest BCUT2D eigenvalue weighted by Crippen LogP contribution is 2.37. The molecule has 7 nitrogen and oxygen atoms in total. The van der Waals surface area contributed by atoms with Crippen LogP contribution in [-0.2, 0) is 19.6 Å². The van der Waals surface area contributed by atoms with Crippen molar-refractivity contribution >= 4 is 44.9 Å². The zero-order valence-electron chi connectivity index (χ0n) is 14.7. The summed E-state index contributed by atoms with van der Waals surface area (Å²) >= 11 is 12.2. The molecule has 2 rings (SSSR count). The van der Waals surface area contributed by atoms with E-state index in [0.717, 1.165) is 11.4 Å². The molecule has 10 heteroatoms. The van der Waals surface area contributed by atoms with Crippen molar-refractivity contribution in [2.24, 2.45) is 0 Å². The number of rotatable bonds is 7. The highest BCUT2D eigenvalue weighted by atomic mass is 35.5. The number of sulfonamides is 1. The van der Waals surface area contributed by atoms with Crippen molar-refractivity contribution in [1.29, 1.82) is 0 Å². The van der Waals surface area contributed by atoms with Crippen LogP contribution in [0, 0.1) is 0 Å². The molecule has 2 aromatic rings. The molecular formula is C17H17Cl2NO6S. The van der Waals surface area contributed by atoms with Gasteiger partial charge >= 0.3 is 5.97 Å². The zero-order valence-corrected chi connectivity index (χ0v) is 17.1. The molecule has 0 bridgehead atoms. The minimum absolute atomic E-state index is 0.00729. The van der Waals surface area contributed by atoms with Gasteiger partial charge in [0, 0.05) is 6.07 Å². The van der Waals surface area contributed by atoms with E-state index >= 15 is 0 Å². The normalized spacial score (nSPS) is 11.0. The fourth-order valence-corrected chi connectivity index (χ4v) is 4.16. The maximum Gasteiger partial charge on any atom is 0.326 e. The lowest BCUT2D eigenvalue weighted by atomic mass is 10.3. The molecule has 0 saturated heterocycles. The number of methoxy groups -OCH3 is 3. The average molecular weight is 434 g/mol. The third kappa shape index (κ3) is 4.40. The molecule has 27 heavy (non-hydrogen) atoms. The lowest BCUT2D eigenvalue weighted by Crippen LogP contribution is -2.36. The highest BCUT2D eigenvalue weighted by Gasteiger charge is 2.30. The number of halogens is 2. The number of carbonyl (C=O) groups is 1. The topological polar surface area (TPSA) is 82.1 Å². The van der Waals surface area contributed by atoms with Crippen LogP contribution in [-0.4, -0.2) is 42.3 Å². The molecule has 0 N–H and O–H groups in total. The van der Waals surface area contributed by atoms with Crippen LogP contribution >= 0.6 is 23.2 Å². The minimum Gasteiger partial charge on any atom is -0.493 e. The molecule has 0 spiro atoms. The average Bonchev–Trinajstić information content (AvgIpc) is 2.67. The SMILES string of the molecule is COC(=O)CN(c1cccc(Cl)c1Cl)S(=O)(=O)c1ccc(OC)c(OC)c1. The monoisotopic (exact) mass is 433 g/mol. The van der Waals surface area contributed by atoms with E-state index in [1.807, 2.05) is 0 Å². The maximum atomic E-state index is 13.2. The molecule has 146 valence electrons. The number of hydrogen-bond donors (Lipinski definition) is 0. The Labute approximate surface area is 167 Å². The standard InChI is InChI=1S/C17H17Cl2NO6S/c1-24-14-8-7-11(9-15(14)25-2)27(22,23)20(10-16(21)26-3)13-6-4-5-12(18)17(13)19/h4-9H,10H2,1-3H3. The largest absolute Gasteiger partial charge is 0.493 e. The summed E-state index contributed by atoms with van der Waals surface area (Å²) in [6, 6.07) is 8.54. The third-order valence-electron chi connectivity index (χ3n) is 3.64. The van der Waals surface area contributed by atoms with Crippen molar-refractivity contribution in [3.05, 3.63) is 46.4 Å². The summed E-state index contributed by atoms with van der Waals surface area (Å²) in [5, 5.41) is 0.138. The van der Waals surface area contributed by atoms with E-state index in [9.17, 15) is 13.2 Å². The van der Waals surface area contributed by atoms with E-state index in [-0.39, 0.29) is 26.4 Å². The van der Waals surface area contributed by atoms with Crippen LogP contribution in [0.3, 0.4) is 0 Å². The Hall–Kier alpha value is -2.16. The van der Waals surface area contributed by atoms with E-state index in [4.69, 9.17) is 32.7 Å². The van der Waals surface area contributed by atoms with Gasteiger partial charge in [-0.3, -0.25) is 9.10 Å². The number of benzene rings is 2. The molecule has 0 fully saturated rings. The Morgan fingerprint density at radius 1 is 1.04 bits per heavy atom. The Bertz CT molecular complexity index is 948. The summed E-state index contributed by atoms with van der Waals surface area (Å²) in [7, 11) is -0.231. The van der Waals surface area contributed by atoms with Gasteiger partial charge in [-0.05, 0) is 24.3 Å². The van der Waals surface area contributed by atoms with Crippen molar-refractivity contribution in [3.8, 4) is 11.5 Å². The third-order valence-corrected chi connectivity index (χ3v) is 6.21. The van der Waals surface area contributed by atoms with Crippen molar-refractivity contribution in [2.75, 3.05) is 32.2 Å². The molecule has 0 atom stereocenters. The Morgan fingerprint density at radius 2 is 1.70 bits per heavy atom. The summed E-state index contributed by atoms with van der Waals surface area (Å²) in [4.78, 5) is 11.7. The summed E-state index contributed by atoms with van der Waals surface area (Å²) in [5.74, 6) is -0.194. The minimum atomic E-state index is -4.20. The van der Waals surface area contributed by atoms with Gasteiger partial charge in [0.15, 0.2) is 11.5 Å². The van der Waals surface area contributed by atoms with Gasteiger partial charge < -0.3 is 14.2 Å². The first-order valence-electron chi connectivity index (χ1n) is 7.51. The van der Waals surface area contributed by atoms with Gasteiger partial charge in [0.2, 0.25) is 0 Å². The second-order valence-corrected chi connectivity index (χ2v) is 7.83. The first-order chi connectivity index (χ1) is 12.8. The van der Waals surface area contributed by atoms with Crippen LogP contribution in [0.1, 0.15) is 0 Å². The van der Waals surface area contributed by atoms with Crippen molar-refractivity contribution in [3.63, 3.8) is 0 Å². The van der Waals surface area contributed by atoms with E-state index in [2.05, 4.69) is 4.74 Å². The van der Waals surface area contributed by atoms with Gasteiger partial charge in [-0.1, -0.05) is 29.3 Å². The fourth-order valence-electron chi connectivity index (χ4n) is 2.27. The van der Waals surface area contributed by atoms with Gasteiger partial charge in [0.25, 0.3) is 10.0 Å². The quantitative estimate of drug-likeness (QED) is 0.622. The number of anilines is 1. The summed E-state index contributed by atoms with van der Waals surface area (Å²) < 4.78 is 42.2. The molecule has 0 amide bonds. The predicted molar refractivity (Wildman–Crippen MR) is 103 cm³/mol. The molecule has 0 saturated carbocycles. The summed E-state index contributed by atoms with van der Waals surface area (Å²) in [5.41, 5.74) is 0.0457. The van der Waals surface area contributed by atoms with Crippen LogP contribution in [0.4, 0.5) is 5.69 Å². The summed E-state index contributed by atoms with van der Waals surface area (Å²) in [6.45, 7) is -0.590. The molecule has 0 aliphatic heterocycles.